The smallest absolute Gasteiger partial charge is 0.231 e. The van der Waals surface area contributed by atoms with Crippen molar-refractivity contribution in [2.24, 2.45) is 5.92 Å². The minimum absolute atomic E-state index is 0.625. The summed E-state index contributed by atoms with van der Waals surface area (Å²) in [6.45, 7) is 6.08. The number of nitrogens with zero attached hydrogens (tertiary/aromatic N) is 5. The molecule has 0 saturated carbocycles. The Morgan fingerprint density at radius 1 is 1.19 bits per heavy atom. The summed E-state index contributed by atoms with van der Waals surface area (Å²) in [7, 11) is 6.05. The summed E-state index contributed by atoms with van der Waals surface area (Å²) in [5.74, 6) is 2.60. The van der Waals surface area contributed by atoms with Gasteiger partial charge in [-0.3, -0.25) is 0 Å². The van der Waals surface area contributed by atoms with Crippen LogP contribution in [0.2, 0.25) is 0 Å². The minimum Gasteiger partial charge on any atom is -0.354 e. The molecular formula is C14H27N7. The molecule has 7 nitrogen and oxygen atoms in total. The Hall–Kier alpha value is -1.63. The molecule has 0 radical (unpaired) electrons. The largest absolute Gasteiger partial charge is 0.354 e. The molecule has 21 heavy (non-hydrogen) atoms. The average Bonchev–Trinajstić information content (AvgIpc) is 2.45. The molecule has 1 atom stereocenters. The molecular weight excluding hydrogens is 266 g/mol. The van der Waals surface area contributed by atoms with Gasteiger partial charge in [0.2, 0.25) is 17.8 Å². The van der Waals surface area contributed by atoms with Crippen LogP contribution in [0.4, 0.5) is 17.8 Å². The van der Waals surface area contributed by atoms with E-state index in [0.29, 0.717) is 23.8 Å². The number of likely N-dealkylation sites (tertiary alicyclic amines) is 1. The normalized spacial score (nSPS) is 19.3. The number of aromatic nitrogens is 3. The molecule has 2 heterocycles. The lowest BCUT2D eigenvalue weighted by Crippen LogP contribution is -2.35. The van der Waals surface area contributed by atoms with Gasteiger partial charge in [0.15, 0.2) is 0 Å². The first kappa shape index (κ1) is 15.8. The van der Waals surface area contributed by atoms with Crippen LogP contribution in [0.25, 0.3) is 0 Å². The Morgan fingerprint density at radius 3 is 2.52 bits per heavy atom. The molecule has 1 aliphatic heterocycles. The second-order valence-electron chi connectivity index (χ2n) is 5.86. The lowest BCUT2D eigenvalue weighted by Gasteiger charge is -2.29. The molecule has 1 unspecified atom stereocenters. The third-order valence-electron chi connectivity index (χ3n) is 3.63. The maximum atomic E-state index is 4.46. The van der Waals surface area contributed by atoms with Crippen molar-refractivity contribution >= 4 is 17.8 Å². The molecule has 0 amide bonds. The number of rotatable bonds is 6. The number of hydrogen-bond donors (Lipinski definition) is 2. The Labute approximate surface area is 127 Å². The first-order chi connectivity index (χ1) is 10.1. The highest BCUT2D eigenvalue weighted by molar-refractivity contribution is 5.42. The molecule has 1 aliphatic rings. The molecule has 0 aliphatic carbocycles. The van der Waals surface area contributed by atoms with E-state index in [4.69, 9.17) is 0 Å². The van der Waals surface area contributed by atoms with Crippen LogP contribution >= 0.6 is 0 Å². The lowest BCUT2D eigenvalue weighted by molar-refractivity contribution is 0.217. The molecule has 0 spiro atoms. The van der Waals surface area contributed by atoms with Crippen molar-refractivity contribution in [3.8, 4) is 0 Å². The van der Waals surface area contributed by atoms with E-state index in [0.717, 1.165) is 19.6 Å². The monoisotopic (exact) mass is 293 g/mol. The van der Waals surface area contributed by atoms with Crippen molar-refractivity contribution in [1.82, 2.24) is 19.9 Å². The van der Waals surface area contributed by atoms with E-state index in [2.05, 4.69) is 37.5 Å². The summed E-state index contributed by atoms with van der Waals surface area (Å²) in [6.07, 6.45) is 2.54. The van der Waals surface area contributed by atoms with Gasteiger partial charge in [-0.25, -0.2) is 0 Å². The summed E-state index contributed by atoms with van der Waals surface area (Å²) in [5.41, 5.74) is 0. The van der Waals surface area contributed by atoms with Gasteiger partial charge in [0.05, 0.1) is 0 Å². The molecule has 118 valence electrons. The van der Waals surface area contributed by atoms with Crippen LogP contribution < -0.4 is 15.5 Å². The van der Waals surface area contributed by atoms with Gasteiger partial charge in [-0.05, 0) is 39.3 Å². The standard InChI is InChI=1S/C14H27N7/c1-5-15-12-17-13(19-14(18-12)20(2)3)16-9-11-7-6-8-21(4)10-11/h11H,5-10H2,1-4H3,(H2,15,16,17,18,19). The molecule has 2 N–H and O–H groups in total. The summed E-state index contributed by atoms with van der Waals surface area (Å²) in [4.78, 5) is 17.5. The number of nitrogens with one attached hydrogen (secondary N) is 2. The second-order valence-corrected chi connectivity index (χ2v) is 5.86. The summed E-state index contributed by atoms with van der Waals surface area (Å²) < 4.78 is 0. The molecule has 1 saturated heterocycles. The third-order valence-corrected chi connectivity index (χ3v) is 3.63. The highest BCUT2D eigenvalue weighted by Gasteiger charge is 2.17. The Morgan fingerprint density at radius 2 is 1.90 bits per heavy atom. The first-order valence-electron chi connectivity index (χ1n) is 7.68. The summed E-state index contributed by atoms with van der Waals surface area (Å²) >= 11 is 0. The van der Waals surface area contributed by atoms with Crippen LogP contribution in [-0.4, -0.2) is 67.2 Å². The summed E-state index contributed by atoms with van der Waals surface area (Å²) in [6, 6.07) is 0. The van der Waals surface area contributed by atoms with Gasteiger partial charge in [-0.2, -0.15) is 15.0 Å². The SMILES string of the molecule is CCNc1nc(NCC2CCCN(C)C2)nc(N(C)C)n1. The number of hydrogen-bond acceptors (Lipinski definition) is 7. The molecule has 0 bridgehead atoms. The molecule has 0 aromatic carbocycles. The van der Waals surface area contributed by atoms with Gasteiger partial charge in [-0.1, -0.05) is 0 Å². The van der Waals surface area contributed by atoms with Gasteiger partial charge in [0.1, 0.15) is 0 Å². The van der Waals surface area contributed by atoms with E-state index in [1.807, 2.05) is 25.9 Å². The van der Waals surface area contributed by atoms with Crippen LogP contribution in [0.3, 0.4) is 0 Å². The van der Waals surface area contributed by atoms with Gasteiger partial charge in [0.25, 0.3) is 0 Å². The zero-order chi connectivity index (χ0) is 15.2. The quantitative estimate of drug-likeness (QED) is 0.814. The van der Waals surface area contributed by atoms with Crippen molar-refractivity contribution in [2.45, 2.75) is 19.8 Å². The average molecular weight is 293 g/mol. The van der Waals surface area contributed by atoms with Crippen LogP contribution in [0.1, 0.15) is 19.8 Å². The van der Waals surface area contributed by atoms with Crippen molar-refractivity contribution < 1.29 is 0 Å². The second kappa shape index (κ2) is 7.40. The van der Waals surface area contributed by atoms with Crippen LogP contribution in [0.5, 0.6) is 0 Å². The number of piperidine rings is 1. The zero-order valence-corrected chi connectivity index (χ0v) is 13.6. The number of anilines is 3. The van der Waals surface area contributed by atoms with Crippen molar-refractivity contribution in [3.05, 3.63) is 0 Å². The molecule has 1 fully saturated rings. The molecule has 2 rings (SSSR count). The third kappa shape index (κ3) is 4.70. The molecule has 1 aromatic heterocycles. The van der Waals surface area contributed by atoms with Crippen molar-refractivity contribution in [1.29, 1.82) is 0 Å². The van der Waals surface area contributed by atoms with E-state index >= 15 is 0 Å². The fourth-order valence-electron chi connectivity index (χ4n) is 2.56. The van der Waals surface area contributed by atoms with E-state index in [9.17, 15) is 0 Å². The Bertz CT molecular complexity index is 449. The van der Waals surface area contributed by atoms with E-state index in [-0.39, 0.29) is 0 Å². The van der Waals surface area contributed by atoms with Gasteiger partial charge in [0, 0.05) is 33.7 Å². The Balaban J connectivity index is 2.00. The van der Waals surface area contributed by atoms with Crippen molar-refractivity contribution in [2.75, 3.05) is 62.9 Å². The highest BCUT2D eigenvalue weighted by atomic mass is 15.3. The fourth-order valence-corrected chi connectivity index (χ4v) is 2.56. The Kier molecular flexibility index (Phi) is 5.55. The fraction of sp³-hybridized carbons (Fsp3) is 0.786. The maximum absolute atomic E-state index is 4.46. The predicted octanol–water partition coefficient (Wildman–Crippen LogP) is 1.12. The van der Waals surface area contributed by atoms with E-state index in [1.165, 1.54) is 19.4 Å². The predicted molar refractivity (Wildman–Crippen MR) is 87.0 cm³/mol. The molecule has 1 aromatic rings. The van der Waals surface area contributed by atoms with Crippen LogP contribution in [0, 0.1) is 5.92 Å². The highest BCUT2D eigenvalue weighted by Crippen LogP contribution is 2.16. The van der Waals surface area contributed by atoms with Crippen molar-refractivity contribution in [3.63, 3.8) is 0 Å². The van der Waals surface area contributed by atoms with Gasteiger partial charge >= 0.3 is 0 Å². The summed E-state index contributed by atoms with van der Waals surface area (Å²) in [5, 5.41) is 6.52. The molecule has 7 heteroatoms. The van der Waals surface area contributed by atoms with E-state index in [1.54, 1.807) is 0 Å². The maximum Gasteiger partial charge on any atom is 0.231 e. The lowest BCUT2D eigenvalue weighted by atomic mass is 9.99. The topological polar surface area (TPSA) is 69.2 Å². The van der Waals surface area contributed by atoms with Crippen LogP contribution in [0.15, 0.2) is 0 Å². The minimum atomic E-state index is 0.625. The zero-order valence-electron chi connectivity index (χ0n) is 13.6. The van der Waals surface area contributed by atoms with Gasteiger partial charge in [-0.15, -0.1) is 0 Å². The van der Waals surface area contributed by atoms with Crippen LogP contribution in [-0.2, 0) is 0 Å². The first-order valence-corrected chi connectivity index (χ1v) is 7.68. The van der Waals surface area contributed by atoms with Gasteiger partial charge < -0.3 is 20.4 Å². The van der Waals surface area contributed by atoms with E-state index < -0.39 is 0 Å².